The Kier molecular flexibility index (Phi) is 19.0. The third-order valence-electron chi connectivity index (χ3n) is 4.81. The van der Waals surface area contributed by atoms with Crippen molar-refractivity contribution in [2.75, 3.05) is 19.6 Å². The first-order valence-corrected chi connectivity index (χ1v) is 10.6. The second-order valence-corrected chi connectivity index (χ2v) is 7.24. The predicted molar refractivity (Wildman–Crippen MR) is 106 cm³/mol. The SMILES string of the molecule is CCCCCCCCCCCCCCC(O)CC(CN)NCCN. The lowest BCUT2D eigenvalue weighted by atomic mass is 10.0. The van der Waals surface area contributed by atoms with Gasteiger partial charge >= 0.3 is 0 Å². The van der Waals surface area contributed by atoms with Gasteiger partial charge in [-0.05, 0) is 12.8 Å². The van der Waals surface area contributed by atoms with Crippen LogP contribution >= 0.6 is 0 Å². The summed E-state index contributed by atoms with van der Waals surface area (Å²) < 4.78 is 0. The minimum absolute atomic E-state index is 0.195. The summed E-state index contributed by atoms with van der Waals surface area (Å²) in [6.45, 7) is 4.22. The molecule has 0 fully saturated rings. The van der Waals surface area contributed by atoms with E-state index in [1.807, 2.05) is 0 Å². The average Bonchev–Trinajstić information content (AvgIpc) is 2.59. The zero-order valence-corrected chi connectivity index (χ0v) is 16.3. The van der Waals surface area contributed by atoms with E-state index in [9.17, 15) is 5.11 Å². The van der Waals surface area contributed by atoms with Crippen LogP contribution in [0.2, 0.25) is 0 Å². The zero-order valence-electron chi connectivity index (χ0n) is 16.3. The Labute approximate surface area is 151 Å². The van der Waals surface area contributed by atoms with Crippen molar-refractivity contribution in [2.45, 2.75) is 109 Å². The Bertz CT molecular complexity index is 239. The van der Waals surface area contributed by atoms with Crippen molar-refractivity contribution in [1.29, 1.82) is 0 Å². The molecule has 0 aliphatic rings. The van der Waals surface area contributed by atoms with Gasteiger partial charge in [0.15, 0.2) is 0 Å². The summed E-state index contributed by atoms with van der Waals surface area (Å²) in [6, 6.07) is 0.195. The van der Waals surface area contributed by atoms with Gasteiger partial charge in [-0.25, -0.2) is 0 Å². The van der Waals surface area contributed by atoms with Crippen LogP contribution in [0.3, 0.4) is 0 Å². The van der Waals surface area contributed by atoms with Crippen LogP contribution in [-0.4, -0.2) is 36.9 Å². The van der Waals surface area contributed by atoms with Gasteiger partial charge in [0.1, 0.15) is 0 Å². The minimum atomic E-state index is -0.230. The van der Waals surface area contributed by atoms with E-state index in [4.69, 9.17) is 11.5 Å². The van der Waals surface area contributed by atoms with Crippen molar-refractivity contribution in [2.24, 2.45) is 11.5 Å². The molecule has 4 nitrogen and oxygen atoms in total. The van der Waals surface area contributed by atoms with Gasteiger partial charge in [-0.1, -0.05) is 84.0 Å². The topological polar surface area (TPSA) is 84.3 Å². The first kappa shape index (κ1) is 23.8. The van der Waals surface area contributed by atoms with E-state index in [2.05, 4.69) is 12.2 Å². The highest BCUT2D eigenvalue weighted by atomic mass is 16.3. The summed E-state index contributed by atoms with van der Waals surface area (Å²) in [5.41, 5.74) is 11.2. The number of nitrogens with two attached hydrogens (primary N) is 2. The fraction of sp³-hybridized carbons (Fsp3) is 1.00. The smallest absolute Gasteiger partial charge is 0.0555 e. The first-order chi connectivity index (χ1) is 11.7. The largest absolute Gasteiger partial charge is 0.393 e. The standard InChI is InChI=1S/C20H45N3O/c1-2-3-4-5-6-7-8-9-10-11-12-13-14-20(24)17-19(18-22)23-16-15-21/h19-20,23-24H,2-18,21-22H2,1H3. The van der Waals surface area contributed by atoms with Gasteiger partial charge in [0.2, 0.25) is 0 Å². The number of aliphatic hydroxyl groups excluding tert-OH is 1. The summed E-state index contributed by atoms with van der Waals surface area (Å²) in [6.07, 6.45) is 17.7. The number of unbranched alkanes of at least 4 members (excludes halogenated alkanes) is 11. The van der Waals surface area contributed by atoms with E-state index >= 15 is 0 Å². The molecule has 2 unspecified atom stereocenters. The Hall–Kier alpha value is -0.160. The number of aliphatic hydroxyl groups is 1. The van der Waals surface area contributed by atoms with Gasteiger partial charge in [0, 0.05) is 25.7 Å². The maximum absolute atomic E-state index is 10.1. The Morgan fingerprint density at radius 1 is 0.792 bits per heavy atom. The van der Waals surface area contributed by atoms with Crippen molar-refractivity contribution in [3.63, 3.8) is 0 Å². The minimum Gasteiger partial charge on any atom is -0.393 e. The summed E-state index contributed by atoms with van der Waals surface area (Å²) in [7, 11) is 0. The van der Waals surface area contributed by atoms with E-state index in [1.54, 1.807) is 0 Å². The lowest BCUT2D eigenvalue weighted by molar-refractivity contribution is 0.137. The summed E-state index contributed by atoms with van der Waals surface area (Å²) in [4.78, 5) is 0. The molecule has 0 radical (unpaired) electrons. The molecule has 146 valence electrons. The molecule has 2 atom stereocenters. The van der Waals surface area contributed by atoms with Gasteiger partial charge in [-0.2, -0.15) is 0 Å². The van der Waals surface area contributed by atoms with Gasteiger partial charge in [-0.3, -0.25) is 0 Å². The molecule has 0 bridgehead atoms. The molecule has 0 aromatic heterocycles. The number of hydrogen-bond donors (Lipinski definition) is 4. The zero-order chi connectivity index (χ0) is 17.9. The summed E-state index contributed by atoms with van der Waals surface area (Å²) in [5, 5.41) is 13.4. The van der Waals surface area contributed by atoms with Crippen LogP contribution in [0, 0.1) is 0 Å². The normalized spacial score (nSPS) is 14.0. The van der Waals surface area contributed by atoms with Gasteiger partial charge in [0.05, 0.1) is 6.10 Å². The molecule has 4 heteroatoms. The van der Waals surface area contributed by atoms with Crippen LogP contribution in [0.5, 0.6) is 0 Å². The van der Waals surface area contributed by atoms with Crippen molar-refractivity contribution < 1.29 is 5.11 Å². The monoisotopic (exact) mass is 343 g/mol. The number of rotatable bonds is 19. The fourth-order valence-corrected chi connectivity index (χ4v) is 3.22. The molecule has 0 heterocycles. The maximum atomic E-state index is 10.1. The van der Waals surface area contributed by atoms with Crippen LogP contribution < -0.4 is 16.8 Å². The van der Waals surface area contributed by atoms with Crippen LogP contribution in [0.1, 0.15) is 96.8 Å². The van der Waals surface area contributed by atoms with E-state index in [0.29, 0.717) is 13.1 Å². The van der Waals surface area contributed by atoms with E-state index in [-0.39, 0.29) is 12.1 Å². The molecule has 0 aromatic carbocycles. The predicted octanol–water partition coefficient (Wildman–Crippen LogP) is 3.70. The highest BCUT2D eigenvalue weighted by Gasteiger charge is 2.12. The highest BCUT2D eigenvalue weighted by Crippen LogP contribution is 2.14. The molecule has 0 amide bonds. The first-order valence-electron chi connectivity index (χ1n) is 10.6. The summed E-state index contributed by atoms with van der Waals surface area (Å²) >= 11 is 0. The van der Waals surface area contributed by atoms with Crippen LogP contribution in [-0.2, 0) is 0 Å². The van der Waals surface area contributed by atoms with Crippen molar-refractivity contribution in [3.8, 4) is 0 Å². The van der Waals surface area contributed by atoms with Crippen LogP contribution in [0.15, 0.2) is 0 Å². The lowest BCUT2D eigenvalue weighted by Crippen LogP contribution is -2.41. The van der Waals surface area contributed by atoms with Crippen molar-refractivity contribution in [3.05, 3.63) is 0 Å². The van der Waals surface area contributed by atoms with Crippen LogP contribution in [0.25, 0.3) is 0 Å². The number of nitrogens with one attached hydrogen (secondary N) is 1. The molecule has 0 saturated heterocycles. The van der Waals surface area contributed by atoms with Gasteiger partial charge < -0.3 is 21.9 Å². The average molecular weight is 344 g/mol. The second-order valence-electron chi connectivity index (χ2n) is 7.24. The molecular formula is C20H45N3O. The van der Waals surface area contributed by atoms with E-state index in [1.165, 1.54) is 70.6 Å². The molecule has 6 N–H and O–H groups in total. The molecule has 0 spiro atoms. The second kappa shape index (κ2) is 19.2. The molecule has 24 heavy (non-hydrogen) atoms. The third-order valence-corrected chi connectivity index (χ3v) is 4.81. The molecule has 0 aromatic rings. The fourth-order valence-electron chi connectivity index (χ4n) is 3.22. The van der Waals surface area contributed by atoms with E-state index in [0.717, 1.165) is 25.8 Å². The Morgan fingerprint density at radius 3 is 1.75 bits per heavy atom. The molecule has 0 rings (SSSR count). The molecule has 0 aliphatic heterocycles. The third kappa shape index (κ3) is 16.7. The van der Waals surface area contributed by atoms with Crippen molar-refractivity contribution in [1.82, 2.24) is 5.32 Å². The van der Waals surface area contributed by atoms with E-state index < -0.39 is 0 Å². The number of hydrogen-bond acceptors (Lipinski definition) is 4. The molecule has 0 aliphatic carbocycles. The molecular weight excluding hydrogens is 298 g/mol. The molecule has 0 saturated carbocycles. The lowest BCUT2D eigenvalue weighted by Gasteiger charge is -2.20. The van der Waals surface area contributed by atoms with Gasteiger partial charge in [-0.15, -0.1) is 0 Å². The summed E-state index contributed by atoms with van der Waals surface area (Å²) in [5.74, 6) is 0. The van der Waals surface area contributed by atoms with Gasteiger partial charge in [0.25, 0.3) is 0 Å². The maximum Gasteiger partial charge on any atom is 0.0555 e. The highest BCUT2D eigenvalue weighted by molar-refractivity contribution is 4.72. The Morgan fingerprint density at radius 2 is 1.29 bits per heavy atom. The van der Waals surface area contributed by atoms with Crippen LogP contribution in [0.4, 0.5) is 0 Å². The van der Waals surface area contributed by atoms with Crippen molar-refractivity contribution >= 4 is 0 Å². The Balaban J connectivity index is 3.30. The quantitative estimate of drug-likeness (QED) is 0.269.